The second-order valence-corrected chi connectivity index (χ2v) is 2.96. The summed E-state index contributed by atoms with van der Waals surface area (Å²) >= 11 is 3.91. The first-order valence-electron chi connectivity index (χ1n) is 3.52. The quantitative estimate of drug-likeness (QED) is 0.386. The lowest BCUT2D eigenvalue weighted by Crippen LogP contribution is -2.15. The van der Waals surface area contributed by atoms with E-state index in [-0.39, 0.29) is 11.2 Å². The largest absolute Gasteiger partial charge is 0.465 e. The van der Waals surface area contributed by atoms with E-state index >= 15 is 0 Å². The molecule has 66 valence electrons. The third-order valence-corrected chi connectivity index (χ3v) is 1.29. The summed E-state index contributed by atoms with van der Waals surface area (Å²) < 4.78 is 9.58. The van der Waals surface area contributed by atoms with Crippen molar-refractivity contribution in [1.82, 2.24) is 0 Å². The average Bonchev–Trinajstić information content (AvgIpc) is 1.97. The van der Waals surface area contributed by atoms with Gasteiger partial charge in [0.05, 0.1) is 11.9 Å². The van der Waals surface area contributed by atoms with Crippen LogP contribution < -0.4 is 0 Å². The molecule has 0 radical (unpaired) electrons. The molecule has 0 aromatic rings. The molecule has 0 aliphatic heterocycles. The Hall–Kier alpha value is -0.220. The van der Waals surface area contributed by atoms with E-state index in [0.29, 0.717) is 13.2 Å². The molecule has 0 saturated heterocycles. The third kappa shape index (κ3) is 6.19. The molecule has 0 fully saturated rings. The summed E-state index contributed by atoms with van der Waals surface area (Å²) in [6.07, 6.45) is 0.739. The maximum absolute atomic E-state index is 10.8. The van der Waals surface area contributed by atoms with E-state index in [2.05, 4.69) is 12.6 Å². The highest BCUT2D eigenvalue weighted by Gasteiger charge is 2.07. The number of carbonyl (C=O) groups is 1. The van der Waals surface area contributed by atoms with Crippen LogP contribution in [0.1, 0.15) is 13.3 Å². The van der Waals surface area contributed by atoms with E-state index in [0.717, 1.165) is 6.42 Å². The van der Waals surface area contributed by atoms with Crippen molar-refractivity contribution in [2.24, 2.45) is 0 Å². The van der Waals surface area contributed by atoms with E-state index in [1.807, 2.05) is 0 Å². The summed E-state index contributed by atoms with van der Waals surface area (Å²) in [5, 5.41) is -0.336. The van der Waals surface area contributed by atoms with Gasteiger partial charge in [-0.15, -0.1) is 0 Å². The minimum absolute atomic E-state index is 0.274. The highest BCUT2D eigenvalue weighted by molar-refractivity contribution is 7.81. The van der Waals surface area contributed by atoms with E-state index in [9.17, 15) is 4.79 Å². The number of esters is 1. The summed E-state index contributed by atoms with van der Waals surface area (Å²) in [6, 6.07) is 0. The smallest absolute Gasteiger partial charge is 0.318 e. The molecule has 0 aliphatic carbocycles. The van der Waals surface area contributed by atoms with Gasteiger partial charge in [0.1, 0.15) is 0 Å². The van der Waals surface area contributed by atoms with Crippen LogP contribution in [0.15, 0.2) is 0 Å². The fraction of sp³-hybridized carbons (Fsp3) is 0.857. The zero-order chi connectivity index (χ0) is 8.69. The van der Waals surface area contributed by atoms with Crippen molar-refractivity contribution < 1.29 is 14.3 Å². The lowest BCUT2D eigenvalue weighted by atomic mass is 10.4. The molecule has 0 amide bonds. The first-order chi connectivity index (χ1) is 5.18. The van der Waals surface area contributed by atoms with Crippen LogP contribution in [-0.2, 0) is 14.3 Å². The maximum atomic E-state index is 10.8. The number of hydrogen-bond donors (Lipinski definition) is 1. The molecule has 0 heterocycles. The second-order valence-electron chi connectivity index (χ2n) is 2.19. The first-order valence-corrected chi connectivity index (χ1v) is 4.03. The normalized spacial score (nSPS) is 12.6. The molecule has 0 bridgehead atoms. The summed E-state index contributed by atoms with van der Waals surface area (Å²) in [4.78, 5) is 10.8. The summed E-state index contributed by atoms with van der Waals surface area (Å²) in [5.41, 5.74) is 0. The molecule has 0 aromatic heterocycles. The molecule has 1 atom stereocenters. The fourth-order valence-corrected chi connectivity index (χ4v) is 0.571. The van der Waals surface area contributed by atoms with Crippen LogP contribution in [0.5, 0.6) is 0 Å². The van der Waals surface area contributed by atoms with Gasteiger partial charge in [-0.25, -0.2) is 0 Å². The molecule has 0 aliphatic rings. The van der Waals surface area contributed by atoms with Gasteiger partial charge in [-0.3, -0.25) is 4.79 Å². The molecule has 0 rings (SSSR count). The number of methoxy groups -OCH3 is 1. The van der Waals surface area contributed by atoms with Crippen LogP contribution >= 0.6 is 12.6 Å². The predicted octanol–water partition coefficient (Wildman–Crippen LogP) is 0.884. The van der Waals surface area contributed by atoms with Crippen LogP contribution in [-0.4, -0.2) is 31.5 Å². The Bertz CT molecular complexity index is 114. The fourth-order valence-electron chi connectivity index (χ4n) is 0.497. The molecular weight excluding hydrogens is 164 g/mol. The molecule has 4 heteroatoms. The zero-order valence-electron chi connectivity index (χ0n) is 6.87. The van der Waals surface area contributed by atoms with Crippen molar-refractivity contribution in [3.05, 3.63) is 0 Å². The van der Waals surface area contributed by atoms with E-state index < -0.39 is 0 Å². The van der Waals surface area contributed by atoms with Crippen molar-refractivity contribution in [3.63, 3.8) is 0 Å². The Balaban J connectivity index is 3.18. The average molecular weight is 178 g/mol. The predicted molar refractivity (Wildman–Crippen MR) is 45.9 cm³/mol. The van der Waals surface area contributed by atoms with Crippen LogP contribution in [0.3, 0.4) is 0 Å². The van der Waals surface area contributed by atoms with Crippen molar-refractivity contribution in [2.75, 3.05) is 20.3 Å². The van der Waals surface area contributed by atoms with Gasteiger partial charge >= 0.3 is 5.97 Å². The molecule has 0 aromatic carbocycles. The van der Waals surface area contributed by atoms with Gasteiger partial charge in [0, 0.05) is 20.1 Å². The Morgan fingerprint density at radius 2 is 2.18 bits per heavy atom. The van der Waals surface area contributed by atoms with Crippen LogP contribution in [0.2, 0.25) is 0 Å². The highest BCUT2D eigenvalue weighted by atomic mass is 32.1. The highest BCUT2D eigenvalue weighted by Crippen LogP contribution is 1.96. The molecule has 3 nitrogen and oxygen atoms in total. The standard InChI is InChI=1S/C7H14O3S/c1-6(11)7(8)10-5-3-4-9-2/h6,11H,3-5H2,1-2H3. The van der Waals surface area contributed by atoms with Gasteiger partial charge in [0.25, 0.3) is 0 Å². The van der Waals surface area contributed by atoms with Crippen LogP contribution in [0.25, 0.3) is 0 Å². The number of thiol groups is 1. The number of hydrogen-bond acceptors (Lipinski definition) is 4. The lowest BCUT2D eigenvalue weighted by Gasteiger charge is -2.05. The van der Waals surface area contributed by atoms with Crippen LogP contribution in [0.4, 0.5) is 0 Å². The second kappa shape index (κ2) is 6.49. The third-order valence-electron chi connectivity index (χ3n) is 1.08. The lowest BCUT2D eigenvalue weighted by molar-refractivity contribution is -0.142. The van der Waals surface area contributed by atoms with Crippen molar-refractivity contribution >= 4 is 18.6 Å². The monoisotopic (exact) mass is 178 g/mol. The van der Waals surface area contributed by atoms with E-state index in [1.165, 1.54) is 0 Å². The van der Waals surface area contributed by atoms with E-state index in [4.69, 9.17) is 9.47 Å². The van der Waals surface area contributed by atoms with Gasteiger partial charge in [-0.05, 0) is 6.92 Å². The SMILES string of the molecule is COCCCOC(=O)C(C)S. The Morgan fingerprint density at radius 3 is 2.64 bits per heavy atom. The van der Waals surface area contributed by atoms with Gasteiger partial charge in [0.15, 0.2) is 0 Å². The van der Waals surface area contributed by atoms with Gasteiger partial charge in [-0.2, -0.15) is 12.6 Å². The molecular formula is C7H14O3S. The molecule has 11 heavy (non-hydrogen) atoms. The first kappa shape index (κ1) is 10.8. The Morgan fingerprint density at radius 1 is 1.55 bits per heavy atom. The molecule has 0 saturated carbocycles. The molecule has 0 N–H and O–H groups in total. The number of rotatable bonds is 5. The topological polar surface area (TPSA) is 35.5 Å². The van der Waals surface area contributed by atoms with Gasteiger partial charge in [0.2, 0.25) is 0 Å². The summed E-state index contributed by atoms with van der Waals surface area (Å²) in [5.74, 6) is -0.274. The Kier molecular flexibility index (Phi) is 6.36. The minimum Gasteiger partial charge on any atom is -0.465 e. The molecule has 1 unspecified atom stereocenters. The van der Waals surface area contributed by atoms with Crippen molar-refractivity contribution in [1.29, 1.82) is 0 Å². The maximum Gasteiger partial charge on any atom is 0.318 e. The molecule has 0 spiro atoms. The summed E-state index contributed by atoms with van der Waals surface area (Å²) in [6.45, 7) is 2.72. The van der Waals surface area contributed by atoms with Gasteiger partial charge in [-0.1, -0.05) is 0 Å². The minimum atomic E-state index is -0.336. The van der Waals surface area contributed by atoms with Crippen LogP contribution in [0, 0.1) is 0 Å². The van der Waals surface area contributed by atoms with Crippen molar-refractivity contribution in [3.8, 4) is 0 Å². The number of ether oxygens (including phenoxy) is 2. The zero-order valence-corrected chi connectivity index (χ0v) is 7.77. The van der Waals surface area contributed by atoms with Crippen molar-refractivity contribution in [2.45, 2.75) is 18.6 Å². The van der Waals surface area contributed by atoms with Gasteiger partial charge < -0.3 is 9.47 Å². The Labute approximate surface area is 72.5 Å². The number of carbonyl (C=O) groups excluding carboxylic acids is 1. The van der Waals surface area contributed by atoms with E-state index in [1.54, 1.807) is 14.0 Å². The summed E-state index contributed by atoms with van der Waals surface area (Å²) in [7, 11) is 1.61.